The smallest absolute Gasteiger partial charge is 0.171 e. The van der Waals surface area contributed by atoms with Crippen LogP contribution < -0.4 is 0 Å². The van der Waals surface area contributed by atoms with E-state index in [2.05, 4.69) is 0 Å². The van der Waals surface area contributed by atoms with E-state index in [4.69, 9.17) is 0 Å². The summed E-state index contributed by atoms with van der Waals surface area (Å²) >= 11 is 0. The minimum Gasteiger partial charge on any atom is -0.171 e. The quantitative estimate of drug-likeness (QED) is 0.201. The fourth-order valence-electron chi connectivity index (χ4n) is 5.39. The summed E-state index contributed by atoms with van der Waals surface area (Å²) in [6, 6.07) is 0. The van der Waals surface area contributed by atoms with Gasteiger partial charge in [0.15, 0.2) is 0 Å². The minimum atomic E-state index is -4.37. The van der Waals surface area contributed by atoms with Crippen LogP contribution in [0.15, 0.2) is 0 Å². The molecule has 0 bridgehead atoms. The second kappa shape index (κ2) is 10.7. The molecule has 0 heterocycles. The maximum atomic E-state index is 14.3. The monoisotopic (exact) mass is 432 g/mol. The molecule has 0 aromatic heterocycles. The Bertz CT molecular complexity index is 459. The van der Waals surface area contributed by atoms with Crippen molar-refractivity contribution in [1.82, 2.24) is 0 Å². The van der Waals surface area contributed by atoms with E-state index >= 15 is 0 Å². The second-order valence-electron chi connectivity index (χ2n) is 9.23. The summed E-state index contributed by atoms with van der Waals surface area (Å²) in [6.45, 7) is 11.8. The summed E-state index contributed by atoms with van der Waals surface area (Å²) in [4.78, 5) is 0. The highest BCUT2D eigenvalue weighted by atomic mass is 19.4. The van der Waals surface area contributed by atoms with Crippen molar-refractivity contribution in [2.24, 2.45) is 22.2 Å². The van der Waals surface area contributed by atoms with Crippen molar-refractivity contribution in [3.63, 3.8) is 0 Å². The van der Waals surface area contributed by atoms with E-state index < -0.39 is 34.5 Å². The van der Waals surface area contributed by atoms with E-state index in [1.165, 1.54) is 6.92 Å². The molecule has 0 spiro atoms. The van der Waals surface area contributed by atoms with Crippen molar-refractivity contribution in [1.29, 1.82) is 0 Å². The third-order valence-electron chi connectivity index (χ3n) is 8.02. The highest BCUT2D eigenvalue weighted by Crippen LogP contribution is 2.60. The molecule has 0 nitrogen and oxygen atoms in total. The van der Waals surface area contributed by atoms with Gasteiger partial charge >= 0.3 is 12.4 Å². The van der Waals surface area contributed by atoms with E-state index in [1.807, 2.05) is 0 Å². The molecule has 0 aromatic carbocycles. The standard InChI is InChI=1S/C23H42F6/c1-8-15-21(23(27,28)29,19(6,11-4)12-5)17-14-13-16-20(7,22(24,25)26)18(9-2)10-3/h18H,8-17H2,1-7H3. The Labute approximate surface area is 174 Å². The molecule has 0 fully saturated rings. The summed E-state index contributed by atoms with van der Waals surface area (Å²) in [6.07, 6.45) is -6.54. The van der Waals surface area contributed by atoms with Crippen LogP contribution in [-0.4, -0.2) is 12.4 Å². The molecule has 6 heteroatoms. The molecule has 0 saturated heterocycles. The predicted octanol–water partition coefficient (Wildman–Crippen LogP) is 9.73. The highest BCUT2D eigenvalue weighted by molar-refractivity contribution is 4.99. The fraction of sp³-hybridized carbons (Fsp3) is 1.00. The van der Waals surface area contributed by atoms with Crippen LogP contribution in [0.2, 0.25) is 0 Å². The summed E-state index contributed by atoms with van der Waals surface area (Å²) < 4.78 is 84.5. The number of hydrogen-bond donors (Lipinski definition) is 0. The Morgan fingerprint density at radius 3 is 1.38 bits per heavy atom. The molecular weight excluding hydrogens is 390 g/mol. The van der Waals surface area contributed by atoms with Crippen LogP contribution in [0.25, 0.3) is 0 Å². The lowest BCUT2D eigenvalue weighted by Crippen LogP contribution is -2.50. The van der Waals surface area contributed by atoms with Crippen LogP contribution in [0.3, 0.4) is 0 Å². The van der Waals surface area contributed by atoms with Crippen molar-refractivity contribution >= 4 is 0 Å². The maximum Gasteiger partial charge on any atom is 0.395 e. The molecule has 0 aromatic rings. The molecule has 0 rings (SSSR count). The summed E-state index contributed by atoms with van der Waals surface area (Å²) in [7, 11) is 0. The first-order valence-corrected chi connectivity index (χ1v) is 11.3. The lowest BCUT2D eigenvalue weighted by molar-refractivity contribution is -0.273. The minimum absolute atomic E-state index is 0.0256. The van der Waals surface area contributed by atoms with Crippen molar-refractivity contribution in [2.75, 3.05) is 0 Å². The summed E-state index contributed by atoms with van der Waals surface area (Å²) in [5.41, 5.74) is -4.60. The van der Waals surface area contributed by atoms with Gasteiger partial charge in [-0.1, -0.05) is 80.6 Å². The van der Waals surface area contributed by atoms with E-state index in [0.29, 0.717) is 32.1 Å². The van der Waals surface area contributed by atoms with Gasteiger partial charge in [0.05, 0.1) is 10.8 Å². The summed E-state index contributed by atoms with van der Waals surface area (Å²) in [5, 5.41) is 0. The molecule has 29 heavy (non-hydrogen) atoms. The number of halogens is 6. The van der Waals surface area contributed by atoms with E-state index in [0.717, 1.165) is 0 Å². The lowest BCUT2D eigenvalue weighted by Gasteiger charge is -2.50. The topological polar surface area (TPSA) is 0 Å². The van der Waals surface area contributed by atoms with Gasteiger partial charge in [-0.25, -0.2) is 0 Å². The van der Waals surface area contributed by atoms with Gasteiger partial charge in [-0.05, 0) is 43.4 Å². The Morgan fingerprint density at radius 2 is 1.07 bits per heavy atom. The van der Waals surface area contributed by atoms with Gasteiger partial charge in [-0.2, -0.15) is 26.3 Å². The number of alkyl halides is 6. The normalized spacial score (nSPS) is 18.0. The third-order valence-corrected chi connectivity index (χ3v) is 8.02. The molecular formula is C23H42F6. The van der Waals surface area contributed by atoms with Gasteiger partial charge in [0.1, 0.15) is 0 Å². The third kappa shape index (κ3) is 5.84. The molecule has 0 saturated carbocycles. The van der Waals surface area contributed by atoms with E-state index in [-0.39, 0.29) is 32.1 Å². The molecule has 0 aliphatic rings. The molecule has 2 unspecified atom stereocenters. The first-order chi connectivity index (χ1) is 13.2. The van der Waals surface area contributed by atoms with Gasteiger partial charge in [0.25, 0.3) is 0 Å². The zero-order chi connectivity index (χ0) is 23.1. The van der Waals surface area contributed by atoms with Crippen LogP contribution in [0, 0.1) is 22.2 Å². The van der Waals surface area contributed by atoms with Gasteiger partial charge in [-0.15, -0.1) is 0 Å². The maximum absolute atomic E-state index is 14.3. The Hall–Kier alpha value is -0.420. The lowest BCUT2D eigenvalue weighted by atomic mass is 9.56. The van der Waals surface area contributed by atoms with Gasteiger partial charge in [0, 0.05) is 0 Å². The number of unbranched alkanes of at least 4 members (excludes halogenated alkanes) is 1. The van der Waals surface area contributed by atoms with Crippen LogP contribution in [-0.2, 0) is 0 Å². The number of hydrogen-bond acceptors (Lipinski definition) is 0. The molecule has 2 atom stereocenters. The van der Waals surface area contributed by atoms with Crippen molar-refractivity contribution in [3.05, 3.63) is 0 Å². The zero-order valence-corrected chi connectivity index (χ0v) is 19.4. The molecule has 0 aliphatic heterocycles. The second-order valence-corrected chi connectivity index (χ2v) is 9.23. The Morgan fingerprint density at radius 1 is 0.621 bits per heavy atom. The first-order valence-electron chi connectivity index (χ1n) is 11.3. The molecule has 0 aliphatic carbocycles. The average molecular weight is 433 g/mol. The van der Waals surface area contributed by atoms with Crippen LogP contribution in [0.1, 0.15) is 113 Å². The SMILES string of the molecule is CCCC(CCCCC(C)(C(CC)CC)C(F)(F)F)(C(F)(F)F)C(C)(CC)CC. The Kier molecular flexibility index (Phi) is 10.6. The summed E-state index contributed by atoms with van der Waals surface area (Å²) in [5.74, 6) is -0.512. The molecule has 0 amide bonds. The van der Waals surface area contributed by atoms with E-state index in [9.17, 15) is 26.3 Å². The van der Waals surface area contributed by atoms with E-state index in [1.54, 1.807) is 41.5 Å². The van der Waals surface area contributed by atoms with Crippen LogP contribution >= 0.6 is 0 Å². The predicted molar refractivity (Wildman–Crippen MR) is 109 cm³/mol. The zero-order valence-electron chi connectivity index (χ0n) is 19.4. The van der Waals surface area contributed by atoms with Crippen molar-refractivity contribution in [2.45, 2.75) is 125 Å². The van der Waals surface area contributed by atoms with Crippen molar-refractivity contribution in [3.8, 4) is 0 Å². The highest BCUT2D eigenvalue weighted by Gasteiger charge is 2.61. The Balaban J connectivity index is 5.64. The van der Waals surface area contributed by atoms with Gasteiger partial charge in [-0.3, -0.25) is 0 Å². The van der Waals surface area contributed by atoms with Gasteiger partial charge < -0.3 is 0 Å². The van der Waals surface area contributed by atoms with Gasteiger partial charge in [0.2, 0.25) is 0 Å². The van der Waals surface area contributed by atoms with Crippen LogP contribution in [0.4, 0.5) is 26.3 Å². The average Bonchev–Trinajstić information content (AvgIpc) is 2.62. The van der Waals surface area contributed by atoms with Crippen LogP contribution in [0.5, 0.6) is 0 Å². The number of rotatable bonds is 13. The molecule has 0 radical (unpaired) electrons. The molecule has 0 N–H and O–H groups in total. The molecule has 176 valence electrons. The fourth-order valence-corrected chi connectivity index (χ4v) is 5.39. The van der Waals surface area contributed by atoms with Crippen molar-refractivity contribution < 1.29 is 26.3 Å². The largest absolute Gasteiger partial charge is 0.395 e. The first kappa shape index (κ1) is 28.6.